The predicted molar refractivity (Wildman–Crippen MR) is 47.1 cm³/mol. The largest absolute Gasteiger partial charge is 0.478 e. The highest BCUT2D eigenvalue weighted by molar-refractivity contribution is 5.86. The number of carbonyl (C=O) groups is 1. The summed E-state index contributed by atoms with van der Waals surface area (Å²) in [7, 11) is 0. The second-order valence-electron chi connectivity index (χ2n) is 2.77. The van der Waals surface area contributed by atoms with Gasteiger partial charge in [-0.3, -0.25) is 10.1 Å². The first-order valence-electron chi connectivity index (χ1n) is 4.02. The Morgan fingerprint density at radius 1 is 1.54 bits per heavy atom. The molecule has 0 heterocycles. The Labute approximate surface area is 76.2 Å². The van der Waals surface area contributed by atoms with Crippen LogP contribution in [-0.4, -0.2) is 22.5 Å². The van der Waals surface area contributed by atoms with Crippen molar-refractivity contribution in [2.75, 3.05) is 6.54 Å². The molecule has 0 aromatic carbocycles. The van der Waals surface area contributed by atoms with Gasteiger partial charge in [-0.2, -0.15) is 0 Å². The average Bonchev–Trinajstić information content (AvgIpc) is 2.01. The molecule has 5 heteroatoms. The van der Waals surface area contributed by atoms with Crippen LogP contribution in [-0.2, 0) is 4.79 Å². The summed E-state index contributed by atoms with van der Waals surface area (Å²) in [5.41, 5.74) is 0.499. The van der Waals surface area contributed by atoms with E-state index < -0.39 is 10.9 Å². The highest BCUT2D eigenvalue weighted by atomic mass is 16.6. The molecule has 0 fully saturated rings. The van der Waals surface area contributed by atoms with E-state index in [1.165, 1.54) is 6.92 Å². The van der Waals surface area contributed by atoms with E-state index in [4.69, 9.17) is 5.11 Å². The normalized spacial score (nSPS) is 12.2. The molecule has 0 aromatic heterocycles. The second-order valence-corrected chi connectivity index (χ2v) is 2.77. The maximum Gasteiger partial charge on any atom is 0.331 e. The van der Waals surface area contributed by atoms with Gasteiger partial charge in [-0.05, 0) is 13.3 Å². The van der Waals surface area contributed by atoms with Gasteiger partial charge in [-0.15, -0.1) is 0 Å². The zero-order chi connectivity index (χ0) is 10.4. The van der Waals surface area contributed by atoms with Crippen LogP contribution in [0.25, 0.3) is 0 Å². The van der Waals surface area contributed by atoms with Gasteiger partial charge < -0.3 is 5.11 Å². The first-order chi connectivity index (χ1) is 5.99. The van der Waals surface area contributed by atoms with Crippen LogP contribution >= 0.6 is 0 Å². The molecule has 0 rings (SSSR count). The minimum atomic E-state index is -1.08. The van der Waals surface area contributed by atoms with E-state index in [0.717, 1.165) is 0 Å². The highest BCUT2D eigenvalue weighted by Crippen LogP contribution is 2.11. The van der Waals surface area contributed by atoms with Crippen LogP contribution < -0.4 is 0 Å². The smallest absolute Gasteiger partial charge is 0.331 e. The van der Waals surface area contributed by atoms with E-state index in [2.05, 4.69) is 0 Å². The Kier molecular flexibility index (Phi) is 4.72. The van der Waals surface area contributed by atoms with Gasteiger partial charge in [-0.1, -0.05) is 13.3 Å². The fourth-order valence-corrected chi connectivity index (χ4v) is 0.994. The van der Waals surface area contributed by atoms with Gasteiger partial charge in [0.2, 0.25) is 6.54 Å². The van der Waals surface area contributed by atoms with E-state index in [0.29, 0.717) is 18.4 Å². The summed E-state index contributed by atoms with van der Waals surface area (Å²) in [5.74, 6) is -1.08. The lowest BCUT2D eigenvalue weighted by Crippen LogP contribution is -2.10. The van der Waals surface area contributed by atoms with Gasteiger partial charge in [0.15, 0.2) is 0 Å². The minimum Gasteiger partial charge on any atom is -0.478 e. The number of carboxylic acid groups (broad SMARTS) is 1. The van der Waals surface area contributed by atoms with Crippen molar-refractivity contribution in [2.24, 2.45) is 0 Å². The highest BCUT2D eigenvalue weighted by Gasteiger charge is 2.13. The number of carboxylic acids is 1. The molecule has 0 aliphatic carbocycles. The molecule has 13 heavy (non-hydrogen) atoms. The molecule has 0 aromatic rings. The SMILES string of the molecule is CCC/C(C[N+](=O)[O-])=C(/C)C(=O)O. The number of nitrogens with zero attached hydrogens (tertiary/aromatic N) is 1. The molecule has 0 radical (unpaired) electrons. The molecular weight excluding hydrogens is 174 g/mol. The number of nitro groups is 1. The molecule has 5 nitrogen and oxygen atoms in total. The summed E-state index contributed by atoms with van der Waals surface area (Å²) in [6, 6.07) is 0. The van der Waals surface area contributed by atoms with Gasteiger partial charge in [0.1, 0.15) is 0 Å². The van der Waals surface area contributed by atoms with Crippen molar-refractivity contribution in [3.8, 4) is 0 Å². The molecule has 0 aliphatic rings. The monoisotopic (exact) mass is 187 g/mol. The lowest BCUT2D eigenvalue weighted by Gasteiger charge is -2.03. The molecule has 0 saturated carbocycles. The third kappa shape index (κ3) is 4.25. The number of hydrogen-bond acceptors (Lipinski definition) is 3. The summed E-state index contributed by atoms with van der Waals surface area (Å²) in [4.78, 5) is 20.2. The van der Waals surface area contributed by atoms with Crippen molar-refractivity contribution < 1.29 is 14.8 Å². The maximum absolute atomic E-state index is 10.5. The number of rotatable bonds is 5. The first kappa shape index (κ1) is 11.6. The zero-order valence-corrected chi connectivity index (χ0v) is 7.74. The molecule has 0 bridgehead atoms. The maximum atomic E-state index is 10.5. The van der Waals surface area contributed by atoms with Gasteiger partial charge in [0.25, 0.3) is 0 Å². The Bertz CT molecular complexity index is 245. The van der Waals surface area contributed by atoms with Gasteiger partial charge in [-0.25, -0.2) is 4.79 Å². The third-order valence-corrected chi connectivity index (χ3v) is 1.72. The van der Waals surface area contributed by atoms with Crippen molar-refractivity contribution in [1.82, 2.24) is 0 Å². The lowest BCUT2D eigenvalue weighted by molar-refractivity contribution is -0.471. The summed E-state index contributed by atoms with van der Waals surface area (Å²) in [6.07, 6.45) is 1.19. The van der Waals surface area contributed by atoms with Crippen LogP contribution in [0.3, 0.4) is 0 Å². The van der Waals surface area contributed by atoms with E-state index in [9.17, 15) is 14.9 Å². The van der Waals surface area contributed by atoms with Crippen LogP contribution in [0.2, 0.25) is 0 Å². The molecule has 0 amide bonds. The number of aliphatic carboxylic acids is 1. The summed E-state index contributed by atoms with van der Waals surface area (Å²) < 4.78 is 0. The van der Waals surface area contributed by atoms with Crippen molar-refractivity contribution >= 4 is 5.97 Å². The Morgan fingerprint density at radius 2 is 2.08 bits per heavy atom. The van der Waals surface area contributed by atoms with Crippen molar-refractivity contribution in [1.29, 1.82) is 0 Å². The Hall–Kier alpha value is -1.39. The minimum absolute atomic E-state index is 0.0959. The van der Waals surface area contributed by atoms with Crippen LogP contribution in [0.5, 0.6) is 0 Å². The Balaban J connectivity index is 4.65. The second kappa shape index (κ2) is 5.29. The van der Waals surface area contributed by atoms with Gasteiger partial charge >= 0.3 is 5.97 Å². The van der Waals surface area contributed by atoms with E-state index >= 15 is 0 Å². The van der Waals surface area contributed by atoms with Gasteiger partial charge in [0.05, 0.1) is 0 Å². The molecule has 1 N–H and O–H groups in total. The topological polar surface area (TPSA) is 80.4 Å². The summed E-state index contributed by atoms with van der Waals surface area (Å²) >= 11 is 0. The zero-order valence-electron chi connectivity index (χ0n) is 7.74. The fourth-order valence-electron chi connectivity index (χ4n) is 0.994. The number of hydrogen-bond donors (Lipinski definition) is 1. The van der Waals surface area contributed by atoms with Crippen molar-refractivity contribution in [3.05, 3.63) is 21.3 Å². The molecule has 0 spiro atoms. The summed E-state index contributed by atoms with van der Waals surface area (Å²) in [6.45, 7) is 2.89. The fraction of sp³-hybridized carbons (Fsp3) is 0.625. The van der Waals surface area contributed by atoms with E-state index in [1.807, 2.05) is 6.92 Å². The van der Waals surface area contributed by atoms with Gasteiger partial charge in [0, 0.05) is 16.1 Å². The van der Waals surface area contributed by atoms with Crippen molar-refractivity contribution in [2.45, 2.75) is 26.7 Å². The standard InChI is InChI=1S/C8H13NO4/c1-3-4-7(5-9(12)13)6(2)8(10)11/h3-5H2,1-2H3,(H,10,11)/b7-6+. The molecule has 0 saturated heterocycles. The quantitative estimate of drug-likeness (QED) is 0.401. The predicted octanol–water partition coefficient (Wildman–Crippen LogP) is 1.46. The van der Waals surface area contributed by atoms with Crippen LogP contribution in [0, 0.1) is 10.1 Å². The molecule has 0 atom stereocenters. The van der Waals surface area contributed by atoms with Crippen molar-refractivity contribution in [3.63, 3.8) is 0 Å². The average molecular weight is 187 g/mol. The molecular formula is C8H13NO4. The molecule has 0 unspecified atom stereocenters. The van der Waals surface area contributed by atoms with E-state index in [1.54, 1.807) is 0 Å². The van der Waals surface area contributed by atoms with Crippen LogP contribution in [0.4, 0.5) is 0 Å². The van der Waals surface area contributed by atoms with Crippen LogP contribution in [0.15, 0.2) is 11.1 Å². The Morgan fingerprint density at radius 3 is 2.38 bits per heavy atom. The van der Waals surface area contributed by atoms with E-state index in [-0.39, 0.29) is 12.1 Å². The summed E-state index contributed by atoms with van der Waals surface area (Å²) in [5, 5.41) is 18.8. The molecule has 0 aliphatic heterocycles. The lowest BCUT2D eigenvalue weighted by atomic mass is 10.1. The first-order valence-corrected chi connectivity index (χ1v) is 4.02. The third-order valence-electron chi connectivity index (χ3n) is 1.72. The van der Waals surface area contributed by atoms with Crippen LogP contribution in [0.1, 0.15) is 26.7 Å². The molecule has 74 valence electrons.